The van der Waals surface area contributed by atoms with E-state index in [0.717, 1.165) is 71.9 Å². The van der Waals surface area contributed by atoms with Gasteiger partial charge in [0.2, 0.25) is 0 Å². The lowest BCUT2D eigenvalue weighted by molar-refractivity contribution is 0.0697. The Morgan fingerprint density at radius 3 is 2.56 bits per heavy atom. The minimum absolute atomic E-state index is 0.274. The van der Waals surface area contributed by atoms with E-state index in [-0.39, 0.29) is 5.56 Å². The summed E-state index contributed by atoms with van der Waals surface area (Å²) >= 11 is 0. The van der Waals surface area contributed by atoms with Crippen LogP contribution in [-0.4, -0.2) is 24.2 Å². The normalized spacial score (nSPS) is 11.9. The highest BCUT2D eigenvalue weighted by molar-refractivity contribution is 6.07. The Morgan fingerprint density at radius 2 is 1.79 bits per heavy atom. The smallest absolute Gasteiger partial charge is 0.336 e. The molecule has 1 aliphatic heterocycles. The summed E-state index contributed by atoms with van der Waals surface area (Å²) in [4.78, 5) is 16.9. The molecular weight excluding hydrogens is 424 g/mol. The van der Waals surface area contributed by atoms with E-state index in [2.05, 4.69) is 25.2 Å². The van der Waals surface area contributed by atoms with Crippen LogP contribution < -0.4 is 10.7 Å². The molecule has 0 saturated heterocycles. The second-order valence-corrected chi connectivity index (χ2v) is 8.69. The number of fused-ring (bicyclic) bond motifs is 2. The van der Waals surface area contributed by atoms with E-state index in [1.54, 1.807) is 12.1 Å². The predicted molar refractivity (Wildman–Crippen MR) is 139 cm³/mol. The Balaban J connectivity index is 2.01. The summed E-state index contributed by atoms with van der Waals surface area (Å²) in [5.74, 6) is -0.243. The highest BCUT2D eigenvalue weighted by atomic mass is 16.4. The first-order valence-corrected chi connectivity index (χ1v) is 12.1. The number of nitrogens with one attached hydrogen (secondary N) is 1. The summed E-state index contributed by atoms with van der Waals surface area (Å²) in [6.45, 7) is 8.03. The number of aryl methyl sites for hydroxylation is 1. The van der Waals surface area contributed by atoms with Gasteiger partial charge in [-0.2, -0.15) is 0 Å². The Hall–Kier alpha value is -3.60. The van der Waals surface area contributed by atoms with Gasteiger partial charge in [0.05, 0.1) is 10.9 Å². The van der Waals surface area contributed by atoms with Crippen molar-refractivity contribution in [3.63, 3.8) is 0 Å². The van der Waals surface area contributed by atoms with Crippen molar-refractivity contribution in [3.05, 3.63) is 71.1 Å². The molecule has 0 fully saturated rings. The standard InChI is InChI=1S/C29H32N2O3/c1-4-6-14-30-20-12-13-23-26(17-20)34-27-18-25(31-15-7-5-2)19(3)16-24(27)28(23)21-10-8-9-11-22(21)29(32)33/h8-13,16-18,30H,4-7,14-15H2,1-3H3,(H,32,33). The van der Waals surface area contributed by atoms with Gasteiger partial charge in [-0.25, -0.2) is 4.79 Å². The van der Waals surface area contributed by atoms with Crippen LogP contribution >= 0.6 is 0 Å². The lowest BCUT2D eigenvalue weighted by Crippen LogP contribution is -2.10. The number of aromatic carboxylic acids is 1. The van der Waals surface area contributed by atoms with Crippen LogP contribution in [0.2, 0.25) is 0 Å². The molecule has 5 nitrogen and oxygen atoms in total. The van der Waals surface area contributed by atoms with Gasteiger partial charge in [-0.15, -0.1) is 0 Å². The molecule has 2 aliphatic rings. The van der Waals surface area contributed by atoms with E-state index in [1.807, 2.05) is 43.3 Å². The molecular formula is C29H32N2O3. The van der Waals surface area contributed by atoms with Gasteiger partial charge in [0, 0.05) is 47.4 Å². The van der Waals surface area contributed by atoms with Gasteiger partial charge in [-0.1, -0.05) is 44.9 Å². The van der Waals surface area contributed by atoms with Crippen molar-refractivity contribution in [2.75, 3.05) is 18.4 Å². The molecule has 5 heteroatoms. The SMILES string of the molecule is CCCCN=c1cc2oc3cc(NCCCC)ccc3c(-c3ccccc3C(=O)O)c-2cc1C. The number of hydrogen-bond acceptors (Lipinski definition) is 4. The number of unbranched alkanes of at least 4 members (excludes halogenated alkanes) is 2. The van der Waals surface area contributed by atoms with Crippen molar-refractivity contribution >= 4 is 22.6 Å². The van der Waals surface area contributed by atoms with Gasteiger partial charge in [0.15, 0.2) is 0 Å². The summed E-state index contributed by atoms with van der Waals surface area (Å²) in [6.07, 6.45) is 4.34. The van der Waals surface area contributed by atoms with E-state index < -0.39 is 5.97 Å². The summed E-state index contributed by atoms with van der Waals surface area (Å²) < 4.78 is 6.41. The van der Waals surface area contributed by atoms with E-state index in [1.165, 1.54) is 0 Å². The molecule has 0 saturated carbocycles. The number of benzene rings is 3. The van der Waals surface area contributed by atoms with Crippen LogP contribution in [0, 0.1) is 6.92 Å². The van der Waals surface area contributed by atoms with Gasteiger partial charge >= 0.3 is 5.97 Å². The molecule has 0 radical (unpaired) electrons. The number of carboxylic acids is 1. The number of hydrogen-bond donors (Lipinski definition) is 2. The first kappa shape index (κ1) is 23.6. The van der Waals surface area contributed by atoms with Crippen molar-refractivity contribution < 1.29 is 14.3 Å². The molecule has 2 N–H and O–H groups in total. The molecule has 0 amide bonds. The Morgan fingerprint density at radius 1 is 1.00 bits per heavy atom. The minimum atomic E-state index is -0.946. The highest BCUT2D eigenvalue weighted by Gasteiger charge is 2.22. The third-order valence-corrected chi connectivity index (χ3v) is 6.12. The third-order valence-electron chi connectivity index (χ3n) is 6.12. The van der Waals surface area contributed by atoms with Gasteiger partial charge in [-0.3, -0.25) is 4.99 Å². The molecule has 0 bridgehead atoms. The first-order chi connectivity index (χ1) is 16.5. The molecule has 0 spiro atoms. The van der Waals surface area contributed by atoms with E-state index in [9.17, 15) is 9.90 Å². The predicted octanol–water partition coefficient (Wildman–Crippen LogP) is 7.12. The fourth-order valence-electron chi connectivity index (χ4n) is 4.26. The molecule has 34 heavy (non-hydrogen) atoms. The lowest BCUT2D eigenvalue weighted by Gasteiger charge is -2.18. The summed E-state index contributed by atoms with van der Waals surface area (Å²) in [6, 6.07) is 17.3. The van der Waals surface area contributed by atoms with Gasteiger partial charge in [-0.05, 0) is 55.2 Å². The second-order valence-electron chi connectivity index (χ2n) is 8.69. The van der Waals surface area contributed by atoms with Crippen LogP contribution in [0.25, 0.3) is 33.4 Å². The maximum atomic E-state index is 12.1. The van der Waals surface area contributed by atoms with Crippen molar-refractivity contribution in [1.29, 1.82) is 0 Å². The summed E-state index contributed by atoms with van der Waals surface area (Å²) in [5, 5.41) is 15.2. The van der Waals surface area contributed by atoms with Gasteiger partial charge in [0.25, 0.3) is 0 Å². The Bertz CT molecular complexity index is 1350. The maximum absolute atomic E-state index is 12.1. The molecule has 0 atom stereocenters. The van der Waals surface area contributed by atoms with Gasteiger partial charge < -0.3 is 14.8 Å². The van der Waals surface area contributed by atoms with Crippen LogP contribution in [0.15, 0.2) is 64.0 Å². The highest BCUT2D eigenvalue weighted by Crippen LogP contribution is 2.42. The fraction of sp³-hybridized carbons (Fsp3) is 0.310. The fourth-order valence-corrected chi connectivity index (χ4v) is 4.26. The molecule has 4 rings (SSSR count). The largest absolute Gasteiger partial charge is 0.478 e. The number of carboxylic acid groups (broad SMARTS) is 1. The first-order valence-electron chi connectivity index (χ1n) is 12.1. The van der Waals surface area contributed by atoms with Crippen LogP contribution in [0.5, 0.6) is 0 Å². The summed E-state index contributed by atoms with van der Waals surface area (Å²) in [7, 11) is 0. The molecule has 2 aromatic carbocycles. The third kappa shape index (κ3) is 4.84. The molecule has 1 aliphatic carbocycles. The zero-order chi connectivity index (χ0) is 24.1. The van der Waals surface area contributed by atoms with E-state index in [4.69, 9.17) is 9.41 Å². The van der Waals surface area contributed by atoms with Crippen molar-refractivity contribution in [1.82, 2.24) is 0 Å². The number of rotatable bonds is 9. The lowest BCUT2D eigenvalue weighted by atomic mass is 9.90. The minimum Gasteiger partial charge on any atom is -0.478 e. The van der Waals surface area contributed by atoms with Crippen LogP contribution in [0.3, 0.4) is 0 Å². The Kier molecular flexibility index (Phi) is 7.31. The van der Waals surface area contributed by atoms with Crippen molar-refractivity contribution in [2.45, 2.75) is 46.5 Å². The average Bonchev–Trinajstić information content (AvgIpc) is 2.83. The molecule has 2 aromatic rings. The molecule has 176 valence electrons. The maximum Gasteiger partial charge on any atom is 0.336 e. The van der Waals surface area contributed by atoms with Crippen molar-refractivity contribution in [3.8, 4) is 22.5 Å². The zero-order valence-corrected chi connectivity index (χ0v) is 20.1. The summed E-state index contributed by atoms with van der Waals surface area (Å²) in [5.41, 5.74) is 5.47. The zero-order valence-electron chi connectivity index (χ0n) is 20.1. The number of anilines is 1. The molecule has 1 heterocycles. The van der Waals surface area contributed by atoms with Crippen LogP contribution in [0.1, 0.15) is 55.5 Å². The quantitative estimate of drug-likeness (QED) is 0.208. The average molecular weight is 457 g/mol. The van der Waals surface area contributed by atoms with Crippen LogP contribution in [-0.2, 0) is 0 Å². The monoisotopic (exact) mass is 456 g/mol. The molecule has 0 aromatic heterocycles. The van der Waals surface area contributed by atoms with Crippen molar-refractivity contribution in [2.24, 2.45) is 4.99 Å². The Labute approximate surface area is 200 Å². The number of carbonyl (C=O) groups is 1. The van der Waals surface area contributed by atoms with E-state index in [0.29, 0.717) is 16.9 Å². The topological polar surface area (TPSA) is 74.8 Å². The second kappa shape index (κ2) is 10.6. The molecule has 0 unspecified atom stereocenters. The number of nitrogens with zero attached hydrogens (tertiary/aromatic N) is 1. The van der Waals surface area contributed by atoms with Crippen LogP contribution in [0.4, 0.5) is 5.69 Å². The van der Waals surface area contributed by atoms with E-state index >= 15 is 0 Å². The van der Waals surface area contributed by atoms with Gasteiger partial charge in [0.1, 0.15) is 11.3 Å².